The number of rotatable bonds is 3. The normalized spacial score (nSPS) is 15.3. The van der Waals surface area contributed by atoms with Gasteiger partial charge in [0, 0.05) is 6.42 Å². The number of carboxylic acid groups (broad SMARTS) is 1. The molecule has 0 saturated heterocycles. The molecule has 98 valence electrons. The number of hydrogen-bond donors (Lipinski definition) is 2. The average Bonchev–Trinajstić information content (AvgIpc) is 2.35. The van der Waals surface area contributed by atoms with E-state index >= 15 is 0 Å². The van der Waals surface area contributed by atoms with Crippen molar-refractivity contribution in [2.75, 3.05) is 13.2 Å². The molecule has 0 amide bonds. The molecule has 3 N–H and O–H groups in total. The molecular weight excluding hydrogens is 309 g/mol. The lowest BCUT2D eigenvalue weighted by Crippen LogP contribution is -2.32. The molecule has 1 aromatic rings. The smallest absolute Gasteiger partial charge is 0.320 e. The standard InChI is InChI=1S/C11H11BrFNO4/c12-8-9(13)5(3-6(14)11(15)16)4-7-10(8)18-2-1-17-7/h4,6H,1-3,14H2,(H,15,16). The zero-order chi connectivity index (χ0) is 13.3. The van der Waals surface area contributed by atoms with E-state index < -0.39 is 17.8 Å². The molecule has 1 heterocycles. The van der Waals surface area contributed by atoms with E-state index in [-0.39, 0.29) is 16.5 Å². The van der Waals surface area contributed by atoms with E-state index in [1.54, 1.807) is 0 Å². The molecule has 0 aromatic heterocycles. The van der Waals surface area contributed by atoms with Gasteiger partial charge in [0.25, 0.3) is 0 Å². The van der Waals surface area contributed by atoms with E-state index in [2.05, 4.69) is 15.9 Å². The summed E-state index contributed by atoms with van der Waals surface area (Å²) < 4.78 is 24.7. The number of aliphatic carboxylic acids is 1. The Morgan fingerprint density at radius 2 is 2.22 bits per heavy atom. The molecule has 7 heteroatoms. The highest BCUT2D eigenvalue weighted by Gasteiger charge is 2.24. The first-order valence-electron chi connectivity index (χ1n) is 5.25. The van der Waals surface area contributed by atoms with Gasteiger partial charge in [0.15, 0.2) is 11.5 Å². The predicted molar refractivity (Wildman–Crippen MR) is 64.4 cm³/mol. The third-order valence-electron chi connectivity index (χ3n) is 2.55. The maximum Gasteiger partial charge on any atom is 0.320 e. The van der Waals surface area contributed by atoms with Crippen molar-refractivity contribution >= 4 is 21.9 Å². The van der Waals surface area contributed by atoms with Crippen LogP contribution < -0.4 is 15.2 Å². The van der Waals surface area contributed by atoms with Gasteiger partial charge in [-0.1, -0.05) is 0 Å². The minimum Gasteiger partial charge on any atom is -0.486 e. The summed E-state index contributed by atoms with van der Waals surface area (Å²) in [6.07, 6.45) is -0.115. The van der Waals surface area contributed by atoms with Crippen LogP contribution in [0.3, 0.4) is 0 Å². The highest BCUT2D eigenvalue weighted by Crippen LogP contribution is 2.41. The van der Waals surface area contributed by atoms with Gasteiger partial charge in [0.05, 0.1) is 4.47 Å². The molecule has 0 saturated carbocycles. The van der Waals surface area contributed by atoms with Crippen molar-refractivity contribution in [1.82, 2.24) is 0 Å². The summed E-state index contributed by atoms with van der Waals surface area (Å²) in [4.78, 5) is 10.7. The third-order valence-corrected chi connectivity index (χ3v) is 3.26. The molecule has 0 fully saturated rings. The van der Waals surface area contributed by atoms with Gasteiger partial charge in [-0.3, -0.25) is 4.79 Å². The number of hydrogen-bond acceptors (Lipinski definition) is 4. The highest BCUT2D eigenvalue weighted by atomic mass is 79.9. The largest absolute Gasteiger partial charge is 0.486 e. The quantitative estimate of drug-likeness (QED) is 0.878. The monoisotopic (exact) mass is 319 g/mol. The summed E-state index contributed by atoms with van der Waals surface area (Å²) >= 11 is 3.08. The fourth-order valence-corrected chi connectivity index (χ4v) is 2.21. The van der Waals surface area contributed by atoms with Gasteiger partial charge in [-0.25, -0.2) is 4.39 Å². The molecule has 1 atom stereocenters. The Kier molecular flexibility index (Phi) is 3.72. The summed E-state index contributed by atoms with van der Waals surface area (Å²) in [6.45, 7) is 0.717. The topological polar surface area (TPSA) is 81.8 Å². The molecule has 1 aliphatic rings. The fourth-order valence-electron chi connectivity index (χ4n) is 1.65. The number of ether oxygens (including phenoxy) is 2. The van der Waals surface area contributed by atoms with Crippen molar-refractivity contribution < 1.29 is 23.8 Å². The van der Waals surface area contributed by atoms with Crippen LogP contribution in [0.15, 0.2) is 10.5 Å². The van der Waals surface area contributed by atoms with Crippen molar-refractivity contribution in [2.45, 2.75) is 12.5 Å². The van der Waals surface area contributed by atoms with Gasteiger partial charge < -0.3 is 20.3 Å². The summed E-state index contributed by atoms with van der Waals surface area (Å²) in [5.41, 5.74) is 5.57. The second-order valence-corrected chi connectivity index (χ2v) is 4.63. The molecule has 0 aliphatic carbocycles. The summed E-state index contributed by atoms with van der Waals surface area (Å²) in [5.74, 6) is -1.06. The first kappa shape index (κ1) is 13.1. The molecule has 0 spiro atoms. The first-order chi connectivity index (χ1) is 8.50. The fraction of sp³-hybridized carbons (Fsp3) is 0.364. The zero-order valence-electron chi connectivity index (χ0n) is 9.28. The van der Waals surface area contributed by atoms with Crippen molar-refractivity contribution in [3.63, 3.8) is 0 Å². The molecule has 1 unspecified atom stereocenters. The van der Waals surface area contributed by atoms with Crippen molar-refractivity contribution in [2.24, 2.45) is 5.73 Å². The molecule has 5 nitrogen and oxygen atoms in total. The van der Waals surface area contributed by atoms with Crippen LogP contribution in [0.5, 0.6) is 11.5 Å². The number of nitrogens with two attached hydrogens (primary N) is 1. The lowest BCUT2D eigenvalue weighted by molar-refractivity contribution is -0.138. The number of carboxylic acids is 1. The Morgan fingerprint density at radius 3 is 2.89 bits per heavy atom. The van der Waals surface area contributed by atoms with Crippen LogP contribution in [-0.2, 0) is 11.2 Å². The minimum absolute atomic E-state index is 0.115. The maximum absolute atomic E-state index is 14.0. The van der Waals surface area contributed by atoms with Crippen LogP contribution in [-0.4, -0.2) is 30.3 Å². The molecule has 1 aliphatic heterocycles. The molecule has 2 rings (SSSR count). The van der Waals surface area contributed by atoms with Crippen LogP contribution in [0.4, 0.5) is 4.39 Å². The Labute approximate surface area is 111 Å². The van der Waals surface area contributed by atoms with E-state index in [4.69, 9.17) is 20.3 Å². The third kappa shape index (κ3) is 2.41. The summed E-state index contributed by atoms with van der Waals surface area (Å²) in [7, 11) is 0. The molecule has 0 radical (unpaired) electrons. The molecular formula is C11H11BrFNO4. The SMILES string of the molecule is NC(Cc1cc2c(c(Br)c1F)OCCO2)C(=O)O. The lowest BCUT2D eigenvalue weighted by Gasteiger charge is -2.21. The second-order valence-electron chi connectivity index (χ2n) is 3.84. The Morgan fingerprint density at radius 1 is 1.56 bits per heavy atom. The van der Waals surface area contributed by atoms with E-state index in [0.29, 0.717) is 24.7 Å². The van der Waals surface area contributed by atoms with Gasteiger partial charge in [0.2, 0.25) is 0 Å². The van der Waals surface area contributed by atoms with Crippen molar-refractivity contribution in [3.05, 3.63) is 21.9 Å². The number of fused-ring (bicyclic) bond motifs is 1. The van der Waals surface area contributed by atoms with Gasteiger partial charge in [0.1, 0.15) is 25.1 Å². The molecule has 0 bridgehead atoms. The molecule has 1 aromatic carbocycles. The van der Waals surface area contributed by atoms with E-state index in [1.165, 1.54) is 6.07 Å². The second kappa shape index (κ2) is 5.11. The van der Waals surface area contributed by atoms with Crippen LogP contribution in [0, 0.1) is 5.82 Å². The Balaban J connectivity index is 2.37. The first-order valence-corrected chi connectivity index (χ1v) is 6.05. The summed E-state index contributed by atoms with van der Waals surface area (Å²) in [5, 5.41) is 8.73. The van der Waals surface area contributed by atoms with Crippen LogP contribution in [0.2, 0.25) is 0 Å². The van der Waals surface area contributed by atoms with E-state index in [1.807, 2.05) is 0 Å². The number of halogens is 2. The van der Waals surface area contributed by atoms with Crippen LogP contribution >= 0.6 is 15.9 Å². The zero-order valence-corrected chi connectivity index (χ0v) is 10.9. The van der Waals surface area contributed by atoms with Crippen molar-refractivity contribution in [1.29, 1.82) is 0 Å². The maximum atomic E-state index is 14.0. The van der Waals surface area contributed by atoms with Gasteiger partial charge >= 0.3 is 5.97 Å². The number of benzene rings is 1. The van der Waals surface area contributed by atoms with Crippen molar-refractivity contribution in [3.8, 4) is 11.5 Å². The van der Waals surface area contributed by atoms with Gasteiger partial charge in [-0.15, -0.1) is 0 Å². The Bertz CT molecular complexity index is 494. The van der Waals surface area contributed by atoms with Gasteiger partial charge in [-0.2, -0.15) is 0 Å². The predicted octanol–water partition coefficient (Wildman–Crippen LogP) is 1.31. The lowest BCUT2D eigenvalue weighted by atomic mass is 10.1. The average molecular weight is 320 g/mol. The number of carbonyl (C=O) groups is 1. The van der Waals surface area contributed by atoms with E-state index in [0.717, 1.165) is 0 Å². The molecule has 18 heavy (non-hydrogen) atoms. The highest BCUT2D eigenvalue weighted by molar-refractivity contribution is 9.10. The minimum atomic E-state index is -1.18. The summed E-state index contributed by atoms with van der Waals surface area (Å²) in [6, 6.07) is 0.270. The Hall–Kier alpha value is -1.34. The van der Waals surface area contributed by atoms with E-state index in [9.17, 15) is 9.18 Å². The van der Waals surface area contributed by atoms with Crippen LogP contribution in [0.1, 0.15) is 5.56 Å². The van der Waals surface area contributed by atoms with Crippen LogP contribution in [0.25, 0.3) is 0 Å². The van der Waals surface area contributed by atoms with Gasteiger partial charge in [-0.05, 0) is 27.6 Å².